The summed E-state index contributed by atoms with van der Waals surface area (Å²) in [4.78, 5) is 0. The van der Waals surface area contributed by atoms with Crippen LogP contribution >= 0.6 is 0 Å². The number of hydrogen-bond donors (Lipinski definition) is 3. The number of aliphatic hydroxyl groups excluding tert-OH is 3. The Morgan fingerprint density at radius 3 is 1.75 bits per heavy atom. The molecule has 0 rings (SSSR count). The quantitative estimate of drug-likeness (QED) is 0.414. The lowest BCUT2D eigenvalue weighted by Crippen LogP contribution is -2.18. The van der Waals surface area contributed by atoms with Crippen molar-refractivity contribution < 1.29 is 24.8 Å². The van der Waals surface area contributed by atoms with Gasteiger partial charge in [0.25, 0.3) is 0 Å². The molecule has 0 aromatic rings. The van der Waals surface area contributed by atoms with Crippen molar-refractivity contribution in [2.24, 2.45) is 5.92 Å². The molecule has 0 spiro atoms. The molecule has 74 valence electrons. The zero-order chi connectivity index (χ0) is 9.23. The number of rotatable bonds is 8. The summed E-state index contributed by atoms with van der Waals surface area (Å²) in [6.45, 7) is 0.0461. The van der Waals surface area contributed by atoms with Crippen LogP contribution in [0.3, 0.4) is 0 Å². The van der Waals surface area contributed by atoms with Crippen LogP contribution in [-0.4, -0.2) is 48.7 Å². The monoisotopic (exact) mass is 180 g/mol. The minimum absolute atomic E-state index is 0.0225. The van der Waals surface area contributed by atoms with E-state index in [-0.39, 0.29) is 26.1 Å². The van der Waals surface area contributed by atoms with E-state index in [0.29, 0.717) is 19.6 Å². The summed E-state index contributed by atoms with van der Waals surface area (Å²) in [5.74, 6) is 0.0225. The first-order valence-corrected chi connectivity index (χ1v) is 3.83. The molecule has 0 aliphatic rings. The Morgan fingerprint density at radius 1 is 0.917 bits per heavy atom. The van der Waals surface area contributed by atoms with Gasteiger partial charge in [0.2, 0.25) is 0 Å². The third-order valence-corrected chi connectivity index (χ3v) is 1.43. The van der Waals surface area contributed by atoms with Crippen molar-refractivity contribution in [3.8, 4) is 0 Å². The van der Waals surface area contributed by atoms with Crippen LogP contribution in [0, 0.1) is 5.92 Å². The highest BCUT2D eigenvalue weighted by Crippen LogP contribution is 2.03. The minimum Gasteiger partial charge on any atom is -0.396 e. The first kappa shape index (κ1) is 11.8. The largest absolute Gasteiger partial charge is 0.396 e. The van der Waals surface area contributed by atoms with Gasteiger partial charge in [-0.15, -0.1) is 0 Å². The molecule has 0 saturated carbocycles. The van der Waals surface area contributed by atoms with Crippen LogP contribution in [0.5, 0.6) is 0 Å². The molecule has 0 atom stereocenters. The van der Waals surface area contributed by atoms with Crippen LogP contribution in [0.2, 0.25) is 0 Å². The van der Waals surface area contributed by atoms with E-state index >= 15 is 0 Å². The van der Waals surface area contributed by atoms with Crippen molar-refractivity contribution >= 4 is 0 Å². The molecule has 0 heterocycles. The molecule has 0 amide bonds. The van der Waals surface area contributed by atoms with Crippen LogP contribution in [0.4, 0.5) is 0 Å². The van der Waals surface area contributed by atoms with Gasteiger partial charge in [-0.05, 0) is 6.42 Å². The predicted molar refractivity (Wildman–Crippen MR) is 41.3 cm³/mol. The lowest BCUT2D eigenvalue weighted by molar-refractivity contribution is -0.0605. The Labute approximate surface area is 71.5 Å². The second-order valence-electron chi connectivity index (χ2n) is 2.38. The van der Waals surface area contributed by atoms with Crippen molar-refractivity contribution in [1.82, 2.24) is 0 Å². The molecule has 0 aromatic carbocycles. The highest BCUT2D eigenvalue weighted by Gasteiger charge is 2.07. The molecule has 0 aliphatic carbocycles. The van der Waals surface area contributed by atoms with E-state index < -0.39 is 0 Å². The van der Waals surface area contributed by atoms with E-state index in [1.54, 1.807) is 0 Å². The van der Waals surface area contributed by atoms with Gasteiger partial charge >= 0.3 is 0 Å². The fourth-order valence-electron chi connectivity index (χ4n) is 0.836. The van der Waals surface area contributed by atoms with Crippen LogP contribution in [0.25, 0.3) is 0 Å². The molecule has 0 unspecified atom stereocenters. The Hall–Kier alpha value is -0.200. The Bertz CT molecular complexity index is 79.9. The maximum Gasteiger partial charge on any atom is 0.143 e. The summed E-state index contributed by atoms with van der Waals surface area (Å²) in [5.41, 5.74) is 0. The van der Waals surface area contributed by atoms with E-state index in [9.17, 15) is 0 Å². The smallest absolute Gasteiger partial charge is 0.143 e. The van der Waals surface area contributed by atoms with Gasteiger partial charge in [-0.2, -0.15) is 0 Å². The van der Waals surface area contributed by atoms with Crippen molar-refractivity contribution in [3.63, 3.8) is 0 Å². The second kappa shape index (κ2) is 8.89. The Morgan fingerprint density at radius 2 is 1.42 bits per heavy atom. The average Bonchev–Trinajstić information content (AvgIpc) is 2.10. The van der Waals surface area contributed by atoms with Crippen LogP contribution in [0.1, 0.15) is 6.42 Å². The van der Waals surface area contributed by atoms with Gasteiger partial charge in [0, 0.05) is 12.5 Å². The zero-order valence-corrected chi connectivity index (χ0v) is 6.98. The summed E-state index contributed by atoms with van der Waals surface area (Å²) < 4.78 is 9.46. The Balaban J connectivity index is 3.40. The highest BCUT2D eigenvalue weighted by atomic mass is 16.6. The molecular formula is C7H16O5. The summed E-state index contributed by atoms with van der Waals surface area (Å²) >= 11 is 0. The maximum absolute atomic E-state index is 8.60. The predicted octanol–water partition coefficient (Wildman–Crippen LogP) is -1.08. The van der Waals surface area contributed by atoms with Gasteiger partial charge in [0.05, 0.1) is 13.2 Å². The second-order valence-corrected chi connectivity index (χ2v) is 2.38. The number of aliphatic hydroxyl groups is 3. The third-order valence-electron chi connectivity index (χ3n) is 1.43. The SMILES string of the molecule is OCCC(COCO)COCO. The first-order chi connectivity index (χ1) is 5.85. The average molecular weight is 180 g/mol. The van der Waals surface area contributed by atoms with Gasteiger partial charge in [-0.1, -0.05) is 0 Å². The fraction of sp³-hybridized carbons (Fsp3) is 1.00. The topological polar surface area (TPSA) is 79.2 Å². The molecule has 0 fully saturated rings. The van der Waals surface area contributed by atoms with Crippen molar-refractivity contribution in [1.29, 1.82) is 0 Å². The van der Waals surface area contributed by atoms with Gasteiger partial charge in [-0.25, -0.2) is 0 Å². The molecule has 0 saturated heterocycles. The summed E-state index contributed by atoms with van der Waals surface area (Å²) in [5, 5.41) is 25.3. The molecule has 0 radical (unpaired) electrons. The van der Waals surface area contributed by atoms with Crippen molar-refractivity contribution in [2.75, 3.05) is 33.4 Å². The van der Waals surface area contributed by atoms with Gasteiger partial charge < -0.3 is 24.8 Å². The van der Waals surface area contributed by atoms with Crippen LogP contribution < -0.4 is 0 Å². The van der Waals surface area contributed by atoms with E-state index in [4.69, 9.17) is 24.8 Å². The van der Waals surface area contributed by atoms with Crippen molar-refractivity contribution in [3.05, 3.63) is 0 Å². The molecule has 0 aliphatic heterocycles. The van der Waals surface area contributed by atoms with E-state index in [1.807, 2.05) is 0 Å². The molecule has 3 N–H and O–H groups in total. The van der Waals surface area contributed by atoms with Crippen molar-refractivity contribution in [2.45, 2.75) is 6.42 Å². The number of ether oxygens (including phenoxy) is 2. The van der Waals surface area contributed by atoms with Crippen LogP contribution in [0.15, 0.2) is 0 Å². The molecule has 0 bridgehead atoms. The van der Waals surface area contributed by atoms with E-state index in [1.165, 1.54) is 0 Å². The fourth-order valence-corrected chi connectivity index (χ4v) is 0.836. The summed E-state index contributed by atoms with van der Waals surface area (Å²) in [7, 11) is 0. The summed E-state index contributed by atoms with van der Waals surface area (Å²) in [6.07, 6.45) is 0.542. The first-order valence-electron chi connectivity index (χ1n) is 3.83. The standard InChI is InChI=1S/C7H16O5/c8-2-1-7(3-11-5-9)4-12-6-10/h7-10H,1-6H2. The molecule has 5 heteroatoms. The molecule has 5 nitrogen and oxygen atoms in total. The highest BCUT2D eigenvalue weighted by molar-refractivity contribution is 4.55. The molecular weight excluding hydrogens is 164 g/mol. The lowest BCUT2D eigenvalue weighted by Gasteiger charge is -2.14. The lowest BCUT2D eigenvalue weighted by atomic mass is 10.1. The Kier molecular flexibility index (Phi) is 8.74. The van der Waals surface area contributed by atoms with E-state index in [0.717, 1.165) is 0 Å². The molecule has 12 heavy (non-hydrogen) atoms. The third kappa shape index (κ3) is 6.51. The van der Waals surface area contributed by atoms with Gasteiger partial charge in [0.1, 0.15) is 13.6 Å². The minimum atomic E-state index is -0.332. The van der Waals surface area contributed by atoms with Crippen LogP contribution in [-0.2, 0) is 9.47 Å². The zero-order valence-electron chi connectivity index (χ0n) is 6.98. The van der Waals surface area contributed by atoms with Gasteiger partial charge in [-0.3, -0.25) is 0 Å². The van der Waals surface area contributed by atoms with Gasteiger partial charge in [0.15, 0.2) is 0 Å². The normalized spacial score (nSPS) is 11.0. The number of hydrogen-bond acceptors (Lipinski definition) is 5. The van der Waals surface area contributed by atoms with E-state index in [2.05, 4.69) is 0 Å². The summed E-state index contributed by atoms with van der Waals surface area (Å²) in [6, 6.07) is 0. The maximum atomic E-state index is 8.60. The molecule has 0 aromatic heterocycles.